The van der Waals surface area contributed by atoms with Gasteiger partial charge in [-0.15, -0.1) is 10.2 Å². The summed E-state index contributed by atoms with van der Waals surface area (Å²) in [7, 11) is 1.67. The third kappa shape index (κ3) is 2.30. The standard InChI is InChI=1S/C14H14N4OS/c1-3-12-15-16-14-18(12)17-13(20-14)9-8-10-6-4-5-7-11(10)19-2/h4-9H,3H2,1-2H3. The van der Waals surface area contributed by atoms with Crippen molar-refractivity contribution in [3.05, 3.63) is 40.7 Å². The molecule has 0 spiro atoms. The molecule has 102 valence electrons. The third-order valence-corrected chi connectivity index (χ3v) is 3.80. The average molecular weight is 286 g/mol. The van der Waals surface area contributed by atoms with Crippen molar-refractivity contribution in [3.8, 4) is 5.75 Å². The summed E-state index contributed by atoms with van der Waals surface area (Å²) in [6.45, 7) is 2.04. The second kappa shape index (κ2) is 5.42. The molecule has 2 aromatic heterocycles. The molecule has 5 nitrogen and oxygen atoms in total. The van der Waals surface area contributed by atoms with Gasteiger partial charge in [0.2, 0.25) is 4.96 Å². The lowest BCUT2D eigenvalue weighted by Crippen LogP contribution is -1.93. The van der Waals surface area contributed by atoms with Crippen LogP contribution in [0.2, 0.25) is 0 Å². The molecule has 0 amide bonds. The van der Waals surface area contributed by atoms with Gasteiger partial charge in [-0.05, 0) is 18.2 Å². The van der Waals surface area contributed by atoms with Gasteiger partial charge in [-0.1, -0.05) is 36.5 Å². The Bertz CT molecular complexity index is 759. The maximum absolute atomic E-state index is 5.32. The van der Waals surface area contributed by atoms with Crippen molar-refractivity contribution in [3.63, 3.8) is 0 Å². The first-order valence-corrected chi connectivity index (χ1v) is 7.15. The molecule has 0 unspecified atom stereocenters. The normalized spacial score (nSPS) is 11.5. The van der Waals surface area contributed by atoms with Gasteiger partial charge >= 0.3 is 0 Å². The minimum absolute atomic E-state index is 0.820. The van der Waals surface area contributed by atoms with Crippen LogP contribution in [-0.2, 0) is 6.42 Å². The molecular formula is C14H14N4OS. The summed E-state index contributed by atoms with van der Waals surface area (Å²) < 4.78 is 7.12. The smallest absolute Gasteiger partial charge is 0.234 e. The van der Waals surface area contributed by atoms with Gasteiger partial charge in [0.15, 0.2) is 5.82 Å². The fourth-order valence-electron chi connectivity index (χ4n) is 1.93. The van der Waals surface area contributed by atoms with Crippen molar-refractivity contribution in [2.45, 2.75) is 13.3 Å². The van der Waals surface area contributed by atoms with E-state index in [4.69, 9.17) is 4.74 Å². The van der Waals surface area contributed by atoms with Gasteiger partial charge in [-0.3, -0.25) is 0 Å². The molecule has 2 heterocycles. The molecule has 0 aliphatic rings. The molecule has 20 heavy (non-hydrogen) atoms. The maximum Gasteiger partial charge on any atom is 0.234 e. The lowest BCUT2D eigenvalue weighted by Gasteiger charge is -2.02. The lowest BCUT2D eigenvalue weighted by atomic mass is 10.2. The molecule has 1 aromatic carbocycles. The zero-order chi connectivity index (χ0) is 13.9. The number of para-hydroxylation sites is 1. The minimum Gasteiger partial charge on any atom is -0.496 e. The van der Waals surface area contributed by atoms with Crippen LogP contribution in [0, 0.1) is 0 Å². The number of rotatable bonds is 4. The largest absolute Gasteiger partial charge is 0.496 e. The Hall–Kier alpha value is -2.21. The number of benzene rings is 1. The highest BCUT2D eigenvalue weighted by Crippen LogP contribution is 2.21. The Morgan fingerprint density at radius 1 is 1.25 bits per heavy atom. The zero-order valence-electron chi connectivity index (χ0n) is 11.3. The van der Waals surface area contributed by atoms with Crippen LogP contribution in [0.4, 0.5) is 0 Å². The predicted octanol–water partition coefficient (Wildman–Crippen LogP) is 2.93. The van der Waals surface area contributed by atoms with E-state index in [2.05, 4.69) is 15.3 Å². The monoisotopic (exact) mass is 286 g/mol. The molecule has 0 bridgehead atoms. The lowest BCUT2D eigenvalue weighted by molar-refractivity contribution is 0.414. The SMILES string of the molecule is CCc1nnc2sc(C=Cc3ccccc3OC)nn12. The zero-order valence-corrected chi connectivity index (χ0v) is 12.1. The first-order chi connectivity index (χ1) is 9.81. The van der Waals surface area contributed by atoms with Crippen LogP contribution in [0.15, 0.2) is 24.3 Å². The van der Waals surface area contributed by atoms with E-state index in [0.29, 0.717) is 0 Å². The van der Waals surface area contributed by atoms with Crippen molar-refractivity contribution < 1.29 is 4.74 Å². The highest BCUT2D eigenvalue weighted by atomic mass is 32.1. The molecule has 3 rings (SSSR count). The highest BCUT2D eigenvalue weighted by molar-refractivity contribution is 7.17. The molecule has 0 saturated carbocycles. The van der Waals surface area contributed by atoms with Crippen molar-refractivity contribution in [2.75, 3.05) is 7.11 Å². The summed E-state index contributed by atoms with van der Waals surface area (Å²) in [5.74, 6) is 1.73. The predicted molar refractivity (Wildman–Crippen MR) is 80.0 cm³/mol. The van der Waals surface area contributed by atoms with E-state index in [9.17, 15) is 0 Å². The van der Waals surface area contributed by atoms with Crippen LogP contribution in [0.3, 0.4) is 0 Å². The fraction of sp³-hybridized carbons (Fsp3) is 0.214. The molecule has 0 aliphatic carbocycles. The number of hydrogen-bond acceptors (Lipinski definition) is 5. The Balaban J connectivity index is 1.92. The molecule has 0 N–H and O–H groups in total. The van der Waals surface area contributed by atoms with Crippen molar-refractivity contribution in [1.82, 2.24) is 19.8 Å². The average Bonchev–Trinajstić information content (AvgIpc) is 3.05. The summed E-state index contributed by atoms with van der Waals surface area (Å²) in [6, 6.07) is 7.88. The van der Waals surface area contributed by atoms with Crippen molar-refractivity contribution in [2.24, 2.45) is 0 Å². The summed E-state index contributed by atoms with van der Waals surface area (Å²) in [4.78, 5) is 0.821. The quantitative estimate of drug-likeness (QED) is 0.740. The van der Waals surface area contributed by atoms with Gasteiger partial charge < -0.3 is 4.74 Å². The van der Waals surface area contributed by atoms with Crippen LogP contribution in [0.1, 0.15) is 23.3 Å². The van der Waals surface area contributed by atoms with Gasteiger partial charge in [0.1, 0.15) is 10.8 Å². The van der Waals surface area contributed by atoms with E-state index in [1.807, 2.05) is 43.3 Å². The molecule has 0 aliphatic heterocycles. The molecule has 3 aromatic rings. The number of aromatic nitrogens is 4. The number of hydrogen-bond donors (Lipinski definition) is 0. The molecule has 6 heteroatoms. The van der Waals surface area contributed by atoms with Crippen LogP contribution < -0.4 is 4.74 Å². The molecule has 0 radical (unpaired) electrons. The number of ether oxygens (including phenoxy) is 1. The first-order valence-electron chi connectivity index (χ1n) is 6.34. The van der Waals surface area contributed by atoms with Crippen LogP contribution >= 0.6 is 11.3 Å². The minimum atomic E-state index is 0.820. The number of methoxy groups -OCH3 is 1. The summed E-state index contributed by atoms with van der Waals surface area (Å²) >= 11 is 1.52. The Morgan fingerprint density at radius 3 is 2.90 bits per heavy atom. The second-order valence-corrected chi connectivity index (χ2v) is 5.17. The van der Waals surface area contributed by atoms with E-state index < -0.39 is 0 Å². The molecule has 0 fully saturated rings. The maximum atomic E-state index is 5.32. The van der Waals surface area contributed by atoms with E-state index in [-0.39, 0.29) is 0 Å². The highest BCUT2D eigenvalue weighted by Gasteiger charge is 2.08. The number of aryl methyl sites for hydroxylation is 1. The van der Waals surface area contributed by atoms with E-state index in [0.717, 1.165) is 33.5 Å². The molecular weight excluding hydrogens is 272 g/mol. The Kier molecular flexibility index (Phi) is 3.47. The second-order valence-electron chi connectivity index (χ2n) is 4.18. The summed E-state index contributed by atoms with van der Waals surface area (Å²) in [5, 5.41) is 13.6. The van der Waals surface area contributed by atoms with E-state index in [1.54, 1.807) is 11.6 Å². The van der Waals surface area contributed by atoms with Gasteiger partial charge in [-0.2, -0.15) is 9.61 Å². The Labute approximate surface area is 120 Å². The number of nitrogens with zero attached hydrogens (tertiary/aromatic N) is 4. The van der Waals surface area contributed by atoms with Crippen molar-refractivity contribution in [1.29, 1.82) is 0 Å². The van der Waals surface area contributed by atoms with Gasteiger partial charge in [0.05, 0.1) is 7.11 Å². The van der Waals surface area contributed by atoms with Gasteiger partial charge in [0.25, 0.3) is 0 Å². The van der Waals surface area contributed by atoms with E-state index in [1.165, 1.54) is 11.3 Å². The fourth-order valence-corrected chi connectivity index (χ4v) is 2.69. The van der Waals surface area contributed by atoms with Crippen LogP contribution in [0.25, 0.3) is 17.1 Å². The molecule has 0 saturated heterocycles. The molecule has 0 atom stereocenters. The van der Waals surface area contributed by atoms with Crippen molar-refractivity contribution >= 4 is 28.4 Å². The van der Waals surface area contributed by atoms with Crippen LogP contribution in [-0.4, -0.2) is 26.9 Å². The Morgan fingerprint density at radius 2 is 2.10 bits per heavy atom. The van der Waals surface area contributed by atoms with E-state index >= 15 is 0 Å². The van der Waals surface area contributed by atoms with Gasteiger partial charge in [-0.25, -0.2) is 0 Å². The third-order valence-electron chi connectivity index (χ3n) is 2.93. The van der Waals surface area contributed by atoms with Crippen LogP contribution in [0.5, 0.6) is 5.75 Å². The van der Waals surface area contributed by atoms with Gasteiger partial charge in [0, 0.05) is 12.0 Å². The summed E-state index contributed by atoms with van der Waals surface area (Å²) in [6.07, 6.45) is 4.79. The topological polar surface area (TPSA) is 52.3 Å². The summed E-state index contributed by atoms with van der Waals surface area (Å²) in [5.41, 5.74) is 1.02. The first kappa shape index (κ1) is 12.8. The number of fused-ring (bicyclic) bond motifs is 1.